The molecule has 1 aliphatic heterocycles. The SMILES string of the molecule is CN(c1cc[nH]c1)c1nc(C#N)nc2c1CNCC2. The lowest BCUT2D eigenvalue weighted by Crippen LogP contribution is -2.28. The highest BCUT2D eigenvalue weighted by Gasteiger charge is 2.20. The van der Waals surface area contributed by atoms with Crippen molar-refractivity contribution < 1.29 is 0 Å². The van der Waals surface area contributed by atoms with Crippen LogP contribution in [-0.2, 0) is 13.0 Å². The summed E-state index contributed by atoms with van der Waals surface area (Å²) < 4.78 is 0. The number of nitriles is 1. The summed E-state index contributed by atoms with van der Waals surface area (Å²) >= 11 is 0. The number of nitrogens with one attached hydrogen (secondary N) is 2. The molecule has 2 N–H and O–H groups in total. The largest absolute Gasteiger partial charge is 0.366 e. The molecule has 0 saturated heterocycles. The van der Waals surface area contributed by atoms with Crippen LogP contribution in [0.3, 0.4) is 0 Å². The second-order valence-corrected chi connectivity index (χ2v) is 4.46. The summed E-state index contributed by atoms with van der Waals surface area (Å²) in [4.78, 5) is 13.7. The summed E-state index contributed by atoms with van der Waals surface area (Å²) in [7, 11) is 1.95. The Balaban J connectivity index is 2.11. The van der Waals surface area contributed by atoms with Crippen LogP contribution in [0.4, 0.5) is 11.5 Å². The van der Waals surface area contributed by atoms with Gasteiger partial charge in [-0.15, -0.1) is 0 Å². The van der Waals surface area contributed by atoms with Crippen LogP contribution in [0.5, 0.6) is 0 Å². The molecule has 3 rings (SSSR count). The minimum Gasteiger partial charge on any atom is -0.366 e. The van der Waals surface area contributed by atoms with Crippen LogP contribution in [0.2, 0.25) is 0 Å². The van der Waals surface area contributed by atoms with E-state index in [0.717, 1.165) is 42.3 Å². The predicted molar refractivity (Wildman–Crippen MR) is 71.0 cm³/mol. The molecule has 6 nitrogen and oxygen atoms in total. The zero-order valence-corrected chi connectivity index (χ0v) is 10.6. The first-order valence-electron chi connectivity index (χ1n) is 6.16. The van der Waals surface area contributed by atoms with Gasteiger partial charge in [-0.25, -0.2) is 9.97 Å². The molecule has 2 aromatic rings. The average Bonchev–Trinajstić information content (AvgIpc) is 2.99. The van der Waals surface area contributed by atoms with Crippen molar-refractivity contribution in [1.82, 2.24) is 20.3 Å². The number of nitrogens with zero attached hydrogens (tertiary/aromatic N) is 4. The maximum Gasteiger partial charge on any atom is 0.234 e. The predicted octanol–water partition coefficient (Wildman–Crippen LogP) is 1.09. The average molecular weight is 254 g/mol. The van der Waals surface area contributed by atoms with Crippen LogP contribution in [0.1, 0.15) is 17.1 Å². The van der Waals surface area contributed by atoms with E-state index in [-0.39, 0.29) is 5.82 Å². The van der Waals surface area contributed by atoms with Crippen molar-refractivity contribution in [2.45, 2.75) is 13.0 Å². The summed E-state index contributed by atoms with van der Waals surface area (Å²) in [5.41, 5.74) is 3.06. The molecule has 96 valence electrons. The molecule has 2 aromatic heterocycles. The third-order valence-corrected chi connectivity index (χ3v) is 3.30. The van der Waals surface area contributed by atoms with Gasteiger partial charge in [0.1, 0.15) is 11.9 Å². The van der Waals surface area contributed by atoms with Gasteiger partial charge >= 0.3 is 0 Å². The van der Waals surface area contributed by atoms with Crippen molar-refractivity contribution in [1.29, 1.82) is 5.26 Å². The van der Waals surface area contributed by atoms with Crippen molar-refractivity contribution in [2.75, 3.05) is 18.5 Å². The minimum absolute atomic E-state index is 0.234. The molecular formula is C13H14N6. The summed E-state index contributed by atoms with van der Waals surface area (Å²) in [6.07, 6.45) is 4.60. The van der Waals surface area contributed by atoms with Gasteiger partial charge in [0, 0.05) is 44.5 Å². The van der Waals surface area contributed by atoms with E-state index in [4.69, 9.17) is 5.26 Å². The molecule has 3 heterocycles. The Hall–Kier alpha value is -2.39. The number of aromatic amines is 1. The summed E-state index contributed by atoms with van der Waals surface area (Å²) in [5, 5.41) is 12.4. The number of H-pyrrole nitrogens is 1. The summed E-state index contributed by atoms with van der Waals surface area (Å²) in [5.74, 6) is 1.03. The first kappa shape index (κ1) is 11.7. The smallest absolute Gasteiger partial charge is 0.234 e. The first-order valence-corrected chi connectivity index (χ1v) is 6.16. The number of hydrogen-bond donors (Lipinski definition) is 2. The van der Waals surface area contributed by atoms with E-state index in [0.29, 0.717) is 0 Å². The lowest BCUT2D eigenvalue weighted by atomic mass is 10.1. The maximum atomic E-state index is 9.06. The Morgan fingerprint density at radius 3 is 3.05 bits per heavy atom. The van der Waals surface area contributed by atoms with E-state index in [1.807, 2.05) is 36.5 Å². The summed E-state index contributed by atoms with van der Waals surface area (Å²) in [6.45, 7) is 1.63. The van der Waals surface area contributed by atoms with E-state index < -0.39 is 0 Å². The quantitative estimate of drug-likeness (QED) is 0.838. The van der Waals surface area contributed by atoms with Crippen molar-refractivity contribution in [3.05, 3.63) is 35.5 Å². The number of hydrogen-bond acceptors (Lipinski definition) is 5. The maximum absolute atomic E-state index is 9.06. The number of aromatic nitrogens is 3. The molecule has 1 aliphatic rings. The fourth-order valence-corrected chi connectivity index (χ4v) is 2.30. The standard InChI is InChI=1S/C13H14N6/c1-19(9-2-4-15-7-9)13-10-8-16-5-3-11(10)17-12(6-14)18-13/h2,4,7,15-16H,3,5,8H2,1H3. The Bertz CT molecular complexity index is 625. The van der Waals surface area contributed by atoms with Crippen LogP contribution in [0.25, 0.3) is 0 Å². The van der Waals surface area contributed by atoms with Gasteiger partial charge in [0.2, 0.25) is 5.82 Å². The van der Waals surface area contributed by atoms with Crippen LogP contribution in [0, 0.1) is 11.3 Å². The Labute approximate surface area is 111 Å². The highest BCUT2D eigenvalue weighted by Crippen LogP contribution is 2.28. The lowest BCUT2D eigenvalue weighted by molar-refractivity contribution is 0.624. The van der Waals surface area contributed by atoms with Gasteiger partial charge in [0.05, 0.1) is 11.4 Å². The third-order valence-electron chi connectivity index (χ3n) is 3.30. The fourth-order valence-electron chi connectivity index (χ4n) is 2.30. The fraction of sp³-hybridized carbons (Fsp3) is 0.308. The van der Waals surface area contributed by atoms with Crippen LogP contribution in [0.15, 0.2) is 18.5 Å². The highest BCUT2D eigenvalue weighted by atomic mass is 15.2. The van der Waals surface area contributed by atoms with Gasteiger partial charge in [-0.3, -0.25) is 0 Å². The molecule has 0 unspecified atom stereocenters. The topological polar surface area (TPSA) is 80.6 Å². The van der Waals surface area contributed by atoms with Gasteiger partial charge in [-0.2, -0.15) is 5.26 Å². The Morgan fingerprint density at radius 2 is 2.32 bits per heavy atom. The second-order valence-electron chi connectivity index (χ2n) is 4.46. The van der Waals surface area contributed by atoms with E-state index in [2.05, 4.69) is 20.3 Å². The molecule has 0 radical (unpaired) electrons. The number of anilines is 2. The zero-order chi connectivity index (χ0) is 13.2. The van der Waals surface area contributed by atoms with E-state index in [1.165, 1.54) is 0 Å². The molecule has 0 spiro atoms. The van der Waals surface area contributed by atoms with E-state index in [9.17, 15) is 0 Å². The van der Waals surface area contributed by atoms with Gasteiger partial charge in [-0.1, -0.05) is 0 Å². The molecule has 19 heavy (non-hydrogen) atoms. The van der Waals surface area contributed by atoms with E-state index >= 15 is 0 Å². The van der Waals surface area contributed by atoms with Crippen LogP contribution >= 0.6 is 0 Å². The molecule has 0 saturated carbocycles. The molecular weight excluding hydrogens is 240 g/mol. The molecule has 6 heteroatoms. The molecule has 0 aliphatic carbocycles. The molecule has 0 amide bonds. The molecule has 0 fully saturated rings. The third kappa shape index (κ3) is 2.04. The number of rotatable bonds is 2. The zero-order valence-electron chi connectivity index (χ0n) is 10.6. The number of fused-ring (bicyclic) bond motifs is 1. The minimum atomic E-state index is 0.234. The van der Waals surface area contributed by atoms with Crippen molar-refractivity contribution >= 4 is 11.5 Å². The lowest BCUT2D eigenvalue weighted by Gasteiger charge is -2.24. The highest BCUT2D eigenvalue weighted by molar-refractivity contribution is 5.63. The normalized spacial score (nSPS) is 13.7. The molecule has 0 atom stereocenters. The molecule has 0 bridgehead atoms. The second kappa shape index (κ2) is 4.71. The Morgan fingerprint density at radius 1 is 1.42 bits per heavy atom. The molecule has 0 aromatic carbocycles. The van der Waals surface area contributed by atoms with Crippen molar-refractivity contribution in [3.8, 4) is 6.07 Å². The first-order chi connectivity index (χ1) is 9.29. The monoisotopic (exact) mass is 254 g/mol. The van der Waals surface area contributed by atoms with Gasteiger partial charge in [0.15, 0.2) is 0 Å². The van der Waals surface area contributed by atoms with Crippen molar-refractivity contribution in [2.24, 2.45) is 0 Å². The Kier molecular flexibility index (Phi) is 2.89. The van der Waals surface area contributed by atoms with Crippen LogP contribution in [-0.4, -0.2) is 28.5 Å². The van der Waals surface area contributed by atoms with Gasteiger partial charge < -0.3 is 15.2 Å². The van der Waals surface area contributed by atoms with E-state index in [1.54, 1.807) is 0 Å². The summed E-state index contributed by atoms with van der Waals surface area (Å²) in [6, 6.07) is 4.01. The van der Waals surface area contributed by atoms with Crippen molar-refractivity contribution in [3.63, 3.8) is 0 Å². The van der Waals surface area contributed by atoms with Gasteiger partial charge in [0.25, 0.3) is 0 Å². The van der Waals surface area contributed by atoms with Crippen LogP contribution < -0.4 is 10.2 Å². The van der Waals surface area contributed by atoms with Gasteiger partial charge in [-0.05, 0) is 6.07 Å².